The highest BCUT2D eigenvalue weighted by molar-refractivity contribution is 5.83. The fourth-order valence-electron chi connectivity index (χ4n) is 2.55. The predicted octanol–water partition coefficient (Wildman–Crippen LogP) is 1.07. The topological polar surface area (TPSA) is 67.9 Å². The maximum atomic E-state index is 12.2. The summed E-state index contributed by atoms with van der Waals surface area (Å²) in [7, 11) is 1.60. The number of methoxy groups -OCH3 is 1. The van der Waals surface area contributed by atoms with Crippen molar-refractivity contribution < 1.29 is 19.1 Å². The second-order valence-corrected chi connectivity index (χ2v) is 5.52. The zero-order valence-electron chi connectivity index (χ0n) is 13.5. The molecule has 1 heterocycles. The Kier molecular flexibility index (Phi) is 6.87. The lowest BCUT2D eigenvalue weighted by molar-refractivity contribution is -0.138. The number of ether oxygens (including phenoxy) is 2. The van der Waals surface area contributed by atoms with Gasteiger partial charge in [-0.15, -0.1) is 0 Å². The van der Waals surface area contributed by atoms with Crippen molar-refractivity contribution in [2.45, 2.75) is 12.8 Å². The quantitative estimate of drug-likeness (QED) is 0.728. The molecule has 0 aliphatic carbocycles. The molecule has 2 amide bonds. The van der Waals surface area contributed by atoms with E-state index in [1.807, 2.05) is 30.3 Å². The number of carbonyl (C=O) groups is 2. The van der Waals surface area contributed by atoms with E-state index < -0.39 is 0 Å². The van der Waals surface area contributed by atoms with Gasteiger partial charge in [-0.3, -0.25) is 9.59 Å². The molecule has 1 N–H and O–H groups in total. The standard InChI is InChI=1S/C17H24N2O4/c1-22-12-10-19-13-14(7-8-16(19)20)17(21)18-9-11-23-15-5-3-2-4-6-15/h2-6,14H,7-13H2,1H3,(H,18,21)/t14-/m1/s1. The number of piperidine rings is 1. The number of nitrogens with zero attached hydrogens (tertiary/aromatic N) is 1. The summed E-state index contributed by atoms with van der Waals surface area (Å²) in [6.45, 7) is 2.37. The Balaban J connectivity index is 1.69. The molecule has 126 valence electrons. The van der Waals surface area contributed by atoms with Crippen molar-refractivity contribution in [3.05, 3.63) is 30.3 Å². The van der Waals surface area contributed by atoms with Gasteiger partial charge < -0.3 is 19.7 Å². The van der Waals surface area contributed by atoms with Crippen molar-refractivity contribution in [1.29, 1.82) is 0 Å². The normalized spacial score (nSPS) is 17.9. The lowest BCUT2D eigenvalue weighted by Crippen LogP contribution is -2.47. The molecule has 1 saturated heterocycles. The largest absolute Gasteiger partial charge is 0.492 e. The van der Waals surface area contributed by atoms with Gasteiger partial charge in [-0.25, -0.2) is 0 Å². The van der Waals surface area contributed by atoms with Crippen LogP contribution in [0.5, 0.6) is 5.75 Å². The first-order valence-corrected chi connectivity index (χ1v) is 7.93. The third-order valence-electron chi connectivity index (χ3n) is 3.85. The molecule has 1 aliphatic heterocycles. The number of likely N-dealkylation sites (tertiary alicyclic amines) is 1. The van der Waals surface area contributed by atoms with Crippen molar-refractivity contribution in [3.8, 4) is 5.75 Å². The van der Waals surface area contributed by atoms with Crippen LogP contribution in [0.2, 0.25) is 0 Å². The molecule has 1 atom stereocenters. The van der Waals surface area contributed by atoms with Gasteiger partial charge in [0.05, 0.1) is 19.1 Å². The van der Waals surface area contributed by atoms with Gasteiger partial charge in [0.15, 0.2) is 0 Å². The number of hydrogen-bond acceptors (Lipinski definition) is 4. The molecule has 0 unspecified atom stereocenters. The van der Waals surface area contributed by atoms with Gasteiger partial charge in [0.1, 0.15) is 12.4 Å². The van der Waals surface area contributed by atoms with Crippen molar-refractivity contribution in [2.24, 2.45) is 5.92 Å². The van der Waals surface area contributed by atoms with Gasteiger partial charge in [-0.05, 0) is 18.6 Å². The highest BCUT2D eigenvalue weighted by Crippen LogP contribution is 2.17. The van der Waals surface area contributed by atoms with Crippen LogP contribution in [-0.2, 0) is 14.3 Å². The van der Waals surface area contributed by atoms with Crippen molar-refractivity contribution in [2.75, 3.05) is 40.0 Å². The van der Waals surface area contributed by atoms with E-state index in [9.17, 15) is 9.59 Å². The van der Waals surface area contributed by atoms with E-state index >= 15 is 0 Å². The summed E-state index contributed by atoms with van der Waals surface area (Å²) >= 11 is 0. The highest BCUT2D eigenvalue weighted by Gasteiger charge is 2.29. The van der Waals surface area contributed by atoms with Crippen LogP contribution in [0, 0.1) is 5.92 Å². The summed E-state index contributed by atoms with van der Waals surface area (Å²) < 4.78 is 10.5. The van der Waals surface area contributed by atoms with Gasteiger partial charge in [0.25, 0.3) is 0 Å². The van der Waals surface area contributed by atoms with Crippen LogP contribution in [0.1, 0.15) is 12.8 Å². The predicted molar refractivity (Wildman–Crippen MR) is 86.1 cm³/mol. The first-order valence-electron chi connectivity index (χ1n) is 7.93. The third-order valence-corrected chi connectivity index (χ3v) is 3.85. The summed E-state index contributed by atoms with van der Waals surface area (Å²) in [6, 6.07) is 9.49. The summed E-state index contributed by atoms with van der Waals surface area (Å²) in [4.78, 5) is 25.7. The average molecular weight is 320 g/mol. The van der Waals surface area contributed by atoms with Crippen LogP contribution in [0.25, 0.3) is 0 Å². The molecule has 0 radical (unpaired) electrons. The zero-order chi connectivity index (χ0) is 16.5. The minimum absolute atomic E-state index is 0.0171. The van der Waals surface area contributed by atoms with Crippen LogP contribution in [-0.4, -0.2) is 56.7 Å². The Hall–Kier alpha value is -2.08. The number of rotatable bonds is 8. The maximum absolute atomic E-state index is 12.2. The lowest BCUT2D eigenvalue weighted by atomic mass is 9.96. The van der Waals surface area contributed by atoms with Gasteiger partial charge >= 0.3 is 0 Å². The Morgan fingerprint density at radius 3 is 2.83 bits per heavy atom. The number of benzene rings is 1. The van der Waals surface area contributed by atoms with Gasteiger partial charge in [0.2, 0.25) is 11.8 Å². The summed E-state index contributed by atoms with van der Waals surface area (Å²) in [6.07, 6.45) is 1.02. The molecular formula is C17H24N2O4. The first-order chi connectivity index (χ1) is 11.2. The third kappa shape index (κ3) is 5.56. The van der Waals surface area contributed by atoms with Gasteiger partial charge in [-0.1, -0.05) is 18.2 Å². The molecule has 0 saturated carbocycles. The average Bonchev–Trinajstić information content (AvgIpc) is 2.58. The fraction of sp³-hybridized carbons (Fsp3) is 0.529. The van der Waals surface area contributed by atoms with Crippen LogP contribution in [0.15, 0.2) is 30.3 Å². The van der Waals surface area contributed by atoms with E-state index in [1.165, 1.54) is 0 Å². The number of nitrogens with one attached hydrogen (secondary N) is 1. The fourth-order valence-corrected chi connectivity index (χ4v) is 2.55. The lowest BCUT2D eigenvalue weighted by Gasteiger charge is -2.31. The molecule has 0 bridgehead atoms. The Morgan fingerprint density at radius 2 is 2.09 bits per heavy atom. The zero-order valence-corrected chi connectivity index (χ0v) is 13.5. The van der Waals surface area contributed by atoms with E-state index in [4.69, 9.17) is 9.47 Å². The summed E-state index contributed by atoms with van der Waals surface area (Å²) in [5.41, 5.74) is 0. The molecule has 2 rings (SSSR count). The molecule has 6 heteroatoms. The number of hydrogen-bond donors (Lipinski definition) is 1. The van der Waals surface area contributed by atoms with Crippen molar-refractivity contribution in [1.82, 2.24) is 10.2 Å². The highest BCUT2D eigenvalue weighted by atomic mass is 16.5. The van der Waals surface area contributed by atoms with Crippen LogP contribution < -0.4 is 10.1 Å². The van der Waals surface area contributed by atoms with Crippen LogP contribution in [0.3, 0.4) is 0 Å². The molecule has 1 fully saturated rings. The number of carbonyl (C=O) groups excluding carboxylic acids is 2. The Bertz CT molecular complexity index is 507. The SMILES string of the molecule is COCCN1C[C@H](C(=O)NCCOc2ccccc2)CCC1=O. The molecule has 0 aromatic heterocycles. The first kappa shape index (κ1) is 17.3. The number of amides is 2. The smallest absolute Gasteiger partial charge is 0.225 e. The van der Waals surface area contributed by atoms with Crippen molar-refractivity contribution >= 4 is 11.8 Å². The van der Waals surface area contributed by atoms with Crippen LogP contribution >= 0.6 is 0 Å². The van der Waals surface area contributed by atoms with Crippen LogP contribution in [0.4, 0.5) is 0 Å². The van der Waals surface area contributed by atoms with E-state index in [1.54, 1.807) is 12.0 Å². The Morgan fingerprint density at radius 1 is 1.30 bits per heavy atom. The molecule has 23 heavy (non-hydrogen) atoms. The van der Waals surface area contributed by atoms with Crippen molar-refractivity contribution in [3.63, 3.8) is 0 Å². The van der Waals surface area contributed by atoms with E-state index in [-0.39, 0.29) is 17.7 Å². The molecule has 6 nitrogen and oxygen atoms in total. The van der Waals surface area contributed by atoms with Gasteiger partial charge in [-0.2, -0.15) is 0 Å². The molecule has 1 aromatic rings. The summed E-state index contributed by atoms with van der Waals surface area (Å²) in [5, 5.41) is 2.88. The molecule has 1 aromatic carbocycles. The molecule has 0 spiro atoms. The molecule has 1 aliphatic rings. The second kappa shape index (κ2) is 9.15. The Labute approximate surface area is 136 Å². The summed E-state index contributed by atoms with van der Waals surface area (Å²) in [5.74, 6) is 0.715. The minimum atomic E-state index is -0.152. The van der Waals surface area contributed by atoms with Gasteiger partial charge in [0, 0.05) is 26.6 Å². The molecular weight excluding hydrogens is 296 g/mol. The van der Waals surface area contributed by atoms with E-state index in [0.29, 0.717) is 45.7 Å². The number of para-hydroxylation sites is 1. The monoisotopic (exact) mass is 320 g/mol. The van der Waals surface area contributed by atoms with E-state index in [0.717, 1.165) is 5.75 Å². The van der Waals surface area contributed by atoms with E-state index in [2.05, 4.69) is 5.32 Å². The second-order valence-electron chi connectivity index (χ2n) is 5.52. The minimum Gasteiger partial charge on any atom is -0.492 e. The maximum Gasteiger partial charge on any atom is 0.225 e.